The van der Waals surface area contributed by atoms with Gasteiger partial charge in [0.2, 0.25) is 10.0 Å². The van der Waals surface area contributed by atoms with Gasteiger partial charge in [0.25, 0.3) is 0 Å². The molecule has 6 heteroatoms. The molecule has 0 radical (unpaired) electrons. The SMILES string of the molecule is NCc1ccc(CS(=O)(=O)NCC2CCCO2)cc1. The molecule has 2 rings (SSSR count). The average Bonchev–Trinajstić information content (AvgIpc) is 2.90. The standard InChI is InChI=1S/C13H20N2O3S/c14-8-11-3-5-12(6-4-11)10-19(16,17)15-9-13-2-1-7-18-13/h3-6,13,15H,1-2,7-10,14H2. The molecular formula is C13H20N2O3S. The molecule has 1 saturated heterocycles. The Bertz CT molecular complexity index is 493. The summed E-state index contributed by atoms with van der Waals surface area (Å²) in [6.45, 7) is 1.56. The molecule has 0 spiro atoms. The van der Waals surface area contributed by atoms with Gasteiger partial charge in [-0.25, -0.2) is 13.1 Å². The lowest BCUT2D eigenvalue weighted by molar-refractivity contribution is 0.114. The molecule has 0 saturated carbocycles. The highest BCUT2D eigenvalue weighted by Crippen LogP contribution is 2.12. The molecule has 1 fully saturated rings. The molecule has 0 bridgehead atoms. The first-order chi connectivity index (χ1) is 9.09. The predicted octanol–water partition coefficient (Wildman–Crippen LogP) is 0.744. The minimum Gasteiger partial charge on any atom is -0.377 e. The van der Waals surface area contributed by atoms with Gasteiger partial charge in [-0.1, -0.05) is 24.3 Å². The highest BCUT2D eigenvalue weighted by molar-refractivity contribution is 7.88. The van der Waals surface area contributed by atoms with E-state index in [1.807, 2.05) is 12.1 Å². The Balaban J connectivity index is 1.88. The fourth-order valence-corrected chi connectivity index (χ4v) is 3.24. The van der Waals surface area contributed by atoms with Crippen LogP contribution in [0.3, 0.4) is 0 Å². The third-order valence-corrected chi connectivity index (χ3v) is 4.49. The maximum absolute atomic E-state index is 11.9. The molecule has 1 aromatic carbocycles. The first-order valence-electron chi connectivity index (χ1n) is 6.46. The third kappa shape index (κ3) is 4.58. The van der Waals surface area contributed by atoms with Crippen molar-refractivity contribution in [2.24, 2.45) is 5.73 Å². The molecule has 0 amide bonds. The second-order valence-electron chi connectivity index (χ2n) is 4.76. The largest absolute Gasteiger partial charge is 0.377 e. The summed E-state index contributed by atoms with van der Waals surface area (Å²) in [4.78, 5) is 0. The molecule has 106 valence electrons. The summed E-state index contributed by atoms with van der Waals surface area (Å²) in [6.07, 6.45) is 1.95. The molecule has 1 aliphatic rings. The van der Waals surface area contributed by atoms with Crippen LogP contribution in [0.2, 0.25) is 0 Å². The zero-order valence-electron chi connectivity index (χ0n) is 10.8. The van der Waals surface area contributed by atoms with Gasteiger partial charge < -0.3 is 10.5 Å². The second-order valence-corrected chi connectivity index (χ2v) is 6.57. The Morgan fingerprint density at radius 1 is 1.26 bits per heavy atom. The fourth-order valence-electron chi connectivity index (χ4n) is 2.07. The molecule has 0 aliphatic carbocycles. The van der Waals surface area contributed by atoms with Crippen molar-refractivity contribution < 1.29 is 13.2 Å². The number of sulfonamides is 1. The number of nitrogens with two attached hydrogens (primary N) is 1. The first kappa shape index (κ1) is 14.5. The zero-order valence-corrected chi connectivity index (χ0v) is 11.7. The summed E-state index contributed by atoms with van der Waals surface area (Å²) in [5.74, 6) is -0.00935. The van der Waals surface area contributed by atoms with Crippen molar-refractivity contribution in [1.82, 2.24) is 4.72 Å². The van der Waals surface area contributed by atoms with Crippen LogP contribution in [0.15, 0.2) is 24.3 Å². The van der Waals surface area contributed by atoms with E-state index in [4.69, 9.17) is 10.5 Å². The minimum absolute atomic E-state index is 0.00935. The molecule has 5 nitrogen and oxygen atoms in total. The zero-order chi connectivity index (χ0) is 13.7. The lowest BCUT2D eigenvalue weighted by atomic mass is 10.1. The fraction of sp³-hybridized carbons (Fsp3) is 0.538. The molecular weight excluding hydrogens is 264 g/mol. The van der Waals surface area contributed by atoms with E-state index >= 15 is 0 Å². The third-order valence-electron chi connectivity index (χ3n) is 3.17. The summed E-state index contributed by atoms with van der Waals surface area (Å²) in [6, 6.07) is 7.30. The van der Waals surface area contributed by atoms with Crippen LogP contribution in [0.1, 0.15) is 24.0 Å². The molecule has 0 aromatic heterocycles. The van der Waals surface area contributed by atoms with E-state index in [9.17, 15) is 8.42 Å². The number of ether oxygens (including phenoxy) is 1. The monoisotopic (exact) mass is 284 g/mol. The van der Waals surface area contributed by atoms with Crippen molar-refractivity contribution >= 4 is 10.0 Å². The predicted molar refractivity (Wildman–Crippen MR) is 73.9 cm³/mol. The number of nitrogens with one attached hydrogen (secondary N) is 1. The van der Waals surface area contributed by atoms with Crippen molar-refractivity contribution in [3.63, 3.8) is 0 Å². The van der Waals surface area contributed by atoms with Gasteiger partial charge in [0, 0.05) is 19.7 Å². The lowest BCUT2D eigenvalue weighted by Crippen LogP contribution is -2.32. The van der Waals surface area contributed by atoms with Crippen LogP contribution in [-0.2, 0) is 27.1 Å². The molecule has 1 aliphatic heterocycles. The maximum Gasteiger partial charge on any atom is 0.215 e. The van der Waals surface area contributed by atoms with Gasteiger partial charge in [-0.2, -0.15) is 0 Å². The van der Waals surface area contributed by atoms with Crippen molar-refractivity contribution in [2.75, 3.05) is 13.2 Å². The molecule has 3 N–H and O–H groups in total. The number of hydrogen-bond acceptors (Lipinski definition) is 4. The summed E-state index contributed by atoms with van der Waals surface area (Å²) in [5, 5.41) is 0. The van der Waals surface area contributed by atoms with Gasteiger partial charge in [0.15, 0.2) is 0 Å². The number of hydrogen-bond donors (Lipinski definition) is 2. The Morgan fingerprint density at radius 3 is 2.53 bits per heavy atom. The van der Waals surface area contributed by atoms with Crippen LogP contribution in [0.4, 0.5) is 0 Å². The normalized spacial score (nSPS) is 19.7. The second kappa shape index (κ2) is 6.47. The summed E-state index contributed by atoms with van der Waals surface area (Å²) in [7, 11) is -3.30. The van der Waals surface area contributed by atoms with Gasteiger partial charge in [0.1, 0.15) is 0 Å². The van der Waals surface area contributed by atoms with Crippen molar-refractivity contribution in [3.05, 3.63) is 35.4 Å². The van der Waals surface area contributed by atoms with Gasteiger partial charge in [0.05, 0.1) is 11.9 Å². The molecule has 1 atom stereocenters. The Hall–Kier alpha value is -0.950. The molecule has 1 heterocycles. The highest BCUT2D eigenvalue weighted by atomic mass is 32.2. The van der Waals surface area contributed by atoms with Crippen LogP contribution in [0.25, 0.3) is 0 Å². The highest BCUT2D eigenvalue weighted by Gasteiger charge is 2.19. The Morgan fingerprint density at radius 2 is 1.95 bits per heavy atom. The summed E-state index contributed by atoms with van der Waals surface area (Å²) < 4.78 is 31.8. The van der Waals surface area contributed by atoms with Crippen LogP contribution in [-0.4, -0.2) is 27.7 Å². The average molecular weight is 284 g/mol. The lowest BCUT2D eigenvalue weighted by Gasteiger charge is -2.11. The first-order valence-corrected chi connectivity index (χ1v) is 8.11. The van der Waals surface area contributed by atoms with Crippen LogP contribution in [0, 0.1) is 0 Å². The van der Waals surface area contributed by atoms with Crippen LogP contribution >= 0.6 is 0 Å². The van der Waals surface area contributed by atoms with Gasteiger partial charge in [-0.05, 0) is 24.0 Å². The van der Waals surface area contributed by atoms with E-state index in [1.54, 1.807) is 12.1 Å². The van der Waals surface area contributed by atoms with E-state index in [0.717, 1.165) is 30.6 Å². The van der Waals surface area contributed by atoms with Crippen LogP contribution in [0.5, 0.6) is 0 Å². The summed E-state index contributed by atoms with van der Waals surface area (Å²) in [5.41, 5.74) is 7.26. The van der Waals surface area contributed by atoms with Gasteiger partial charge in [-0.3, -0.25) is 0 Å². The van der Waals surface area contributed by atoms with E-state index in [-0.39, 0.29) is 11.9 Å². The molecule has 1 aromatic rings. The van der Waals surface area contributed by atoms with Crippen molar-refractivity contribution in [1.29, 1.82) is 0 Å². The number of rotatable bonds is 6. The minimum atomic E-state index is -3.30. The molecule has 1 unspecified atom stereocenters. The van der Waals surface area contributed by atoms with E-state index < -0.39 is 10.0 Å². The van der Waals surface area contributed by atoms with Gasteiger partial charge >= 0.3 is 0 Å². The topological polar surface area (TPSA) is 81.4 Å². The van der Waals surface area contributed by atoms with E-state index in [2.05, 4.69) is 4.72 Å². The summed E-state index contributed by atoms with van der Waals surface area (Å²) >= 11 is 0. The Labute approximate surface area is 114 Å². The smallest absolute Gasteiger partial charge is 0.215 e. The molecule has 19 heavy (non-hydrogen) atoms. The van der Waals surface area contributed by atoms with Crippen molar-refractivity contribution in [3.8, 4) is 0 Å². The Kier molecular flexibility index (Phi) is 4.93. The quantitative estimate of drug-likeness (QED) is 0.807. The van der Waals surface area contributed by atoms with Crippen molar-refractivity contribution in [2.45, 2.75) is 31.2 Å². The van der Waals surface area contributed by atoms with Gasteiger partial charge in [-0.15, -0.1) is 0 Å². The maximum atomic E-state index is 11.9. The van der Waals surface area contributed by atoms with E-state index in [0.29, 0.717) is 13.1 Å². The number of benzene rings is 1. The van der Waals surface area contributed by atoms with E-state index in [1.165, 1.54) is 0 Å². The van der Waals surface area contributed by atoms with Crippen LogP contribution < -0.4 is 10.5 Å².